The molecule has 2 atom stereocenters. The van der Waals surface area contributed by atoms with Crippen LogP contribution in [0.2, 0.25) is 5.02 Å². The number of hydrogen-bond donors (Lipinski definition) is 2. The van der Waals surface area contributed by atoms with Crippen LogP contribution in [-0.4, -0.2) is 65.4 Å². The van der Waals surface area contributed by atoms with Gasteiger partial charge in [0.05, 0.1) is 22.3 Å². The third-order valence-electron chi connectivity index (χ3n) is 6.51. The zero-order chi connectivity index (χ0) is 26.0. The van der Waals surface area contributed by atoms with Crippen LogP contribution in [-0.2, 0) is 11.2 Å². The topological polar surface area (TPSA) is 101 Å². The molecular formula is C26H29ClFN5O3. The first-order valence-electron chi connectivity index (χ1n) is 11.7. The Hall–Kier alpha value is -3.43. The van der Waals surface area contributed by atoms with Crippen molar-refractivity contribution in [2.24, 2.45) is 11.7 Å². The Bertz CT molecular complexity index is 1310. The Labute approximate surface area is 213 Å². The van der Waals surface area contributed by atoms with Gasteiger partial charge < -0.3 is 20.9 Å². The van der Waals surface area contributed by atoms with Crippen LogP contribution in [0.1, 0.15) is 18.4 Å². The smallest absolute Gasteiger partial charge is 0.323 e. The maximum Gasteiger partial charge on any atom is 0.323 e. The van der Waals surface area contributed by atoms with Gasteiger partial charge in [-0.2, -0.15) is 0 Å². The van der Waals surface area contributed by atoms with Gasteiger partial charge in [0, 0.05) is 31.1 Å². The summed E-state index contributed by atoms with van der Waals surface area (Å²) in [5.41, 5.74) is 6.86. The van der Waals surface area contributed by atoms with Gasteiger partial charge in [0.2, 0.25) is 0 Å². The third-order valence-corrected chi connectivity index (χ3v) is 6.80. The fourth-order valence-corrected chi connectivity index (χ4v) is 5.11. The van der Waals surface area contributed by atoms with E-state index in [1.165, 1.54) is 16.8 Å². The average molecular weight is 514 g/mol. The molecule has 1 aromatic heterocycles. The van der Waals surface area contributed by atoms with Crippen molar-refractivity contribution in [1.82, 2.24) is 14.4 Å². The second-order valence-electron chi connectivity index (χ2n) is 9.41. The molecule has 2 heterocycles. The highest BCUT2D eigenvalue weighted by Gasteiger charge is 2.39. The second kappa shape index (κ2) is 10.7. The van der Waals surface area contributed by atoms with Crippen LogP contribution in [0.3, 0.4) is 0 Å². The van der Waals surface area contributed by atoms with Crippen LogP contribution in [0.25, 0.3) is 10.9 Å². The number of carbonyl (C=O) groups is 3. The first kappa shape index (κ1) is 25.7. The second-order valence-corrected chi connectivity index (χ2v) is 9.82. The molecule has 1 aliphatic heterocycles. The van der Waals surface area contributed by atoms with Crippen LogP contribution >= 0.6 is 11.6 Å². The third kappa shape index (κ3) is 5.37. The predicted molar refractivity (Wildman–Crippen MR) is 138 cm³/mol. The van der Waals surface area contributed by atoms with Gasteiger partial charge in [-0.15, -0.1) is 0 Å². The van der Waals surface area contributed by atoms with Gasteiger partial charge in [-0.3, -0.25) is 9.36 Å². The van der Waals surface area contributed by atoms with Gasteiger partial charge in [0.15, 0.2) is 5.78 Å². The molecule has 0 radical (unpaired) electrons. The van der Waals surface area contributed by atoms with Gasteiger partial charge in [0.25, 0.3) is 0 Å². The lowest BCUT2D eigenvalue weighted by atomic mass is 9.98. The highest BCUT2D eigenvalue weighted by Crippen LogP contribution is 2.30. The van der Waals surface area contributed by atoms with Crippen molar-refractivity contribution >= 4 is 46.0 Å². The molecule has 4 rings (SSSR count). The number of fused-ring (bicyclic) bond motifs is 1. The number of carbonyl (C=O) groups excluding carboxylic acids is 3. The molecule has 0 bridgehead atoms. The lowest BCUT2D eigenvalue weighted by Crippen LogP contribution is -2.43. The SMILES string of the molecule is CN(C)C[C@H]1C[C@@H](C(=O)CCc2cccc(Cl)c2F)N(C(=O)Nc2cn(C(N)=O)c3ccccc23)C1. The zero-order valence-electron chi connectivity index (χ0n) is 20.2. The fourth-order valence-electron chi connectivity index (χ4n) is 4.92. The molecule has 0 spiro atoms. The molecule has 2 aromatic carbocycles. The Kier molecular flexibility index (Phi) is 7.61. The van der Waals surface area contributed by atoms with Crippen LogP contribution in [0.4, 0.5) is 19.7 Å². The molecular weight excluding hydrogens is 485 g/mol. The number of nitrogens with one attached hydrogen (secondary N) is 1. The summed E-state index contributed by atoms with van der Waals surface area (Å²) in [6.45, 7) is 1.12. The highest BCUT2D eigenvalue weighted by atomic mass is 35.5. The number of urea groups is 1. The number of ketones is 1. The number of amides is 3. The molecule has 36 heavy (non-hydrogen) atoms. The Balaban J connectivity index is 1.54. The Morgan fingerprint density at radius 1 is 1.17 bits per heavy atom. The molecule has 10 heteroatoms. The summed E-state index contributed by atoms with van der Waals surface area (Å²) in [5, 5.41) is 3.54. The van der Waals surface area contributed by atoms with Crippen LogP contribution in [0, 0.1) is 11.7 Å². The van der Waals surface area contributed by atoms with E-state index in [-0.39, 0.29) is 29.6 Å². The van der Waals surface area contributed by atoms with Crippen molar-refractivity contribution in [2.45, 2.75) is 25.3 Å². The maximum absolute atomic E-state index is 14.3. The average Bonchev–Trinajstić information content (AvgIpc) is 3.41. The van der Waals surface area contributed by atoms with E-state index in [1.807, 2.05) is 19.0 Å². The largest absolute Gasteiger partial charge is 0.351 e. The van der Waals surface area contributed by atoms with E-state index >= 15 is 0 Å². The van der Waals surface area contributed by atoms with Gasteiger partial charge in [-0.1, -0.05) is 41.9 Å². The molecule has 3 aromatic rings. The summed E-state index contributed by atoms with van der Waals surface area (Å²) in [5.74, 6) is -0.552. The summed E-state index contributed by atoms with van der Waals surface area (Å²) in [6, 6.07) is 10.1. The molecule has 0 unspecified atom stereocenters. The van der Waals surface area contributed by atoms with E-state index in [4.69, 9.17) is 17.3 Å². The summed E-state index contributed by atoms with van der Waals surface area (Å²) in [7, 11) is 3.89. The van der Waals surface area contributed by atoms with Crippen LogP contribution < -0.4 is 11.1 Å². The van der Waals surface area contributed by atoms with Gasteiger partial charge in [-0.05, 0) is 50.6 Å². The molecule has 190 valence electrons. The highest BCUT2D eigenvalue weighted by molar-refractivity contribution is 6.30. The molecule has 3 amide bonds. The number of benzene rings is 2. The number of likely N-dealkylation sites (tertiary alicyclic amines) is 1. The number of rotatable bonds is 7. The number of halogens is 2. The maximum atomic E-state index is 14.3. The first-order chi connectivity index (χ1) is 17.2. The van der Waals surface area contributed by atoms with Crippen molar-refractivity contribution in [2.75, 3.05) is 32.5 Å². The summed E-state index contributed by atoms with van der Waals surface area (Å²) >= 11 is 5.87. The molecule has 1 fully saturated rings. The van der Waals surface area contributed by atoms with E-state index in [9.17, 15) is 18.8 Å². The van der Waals surface area contributed by atoms with E-state index in [0.29, 0.717) is 35.1 Å². The number of nitrogens with zero attached hydrogens (tertiary/aromatic N) is 3. The van der Waals surface area contributed by atoms with E-state index in [0.717, 1.165) is 6.54 Å². The van der Waals surface area contributed by atoms with Crippen molar-refractivity contribution in [3.8, 4) is 0 Å². The number of nitrogens with two attached hydrogens (primary N) is 1. The van der Waals surface area contributed by atoms with Gasteiger partial charge in [-0.25, -0.2) is 14.0 Å². The van der Waals surface area contributed by atoms with Crippen molar-refractivity contribution in [3.05, 3.63) is 65.1 Å². The van der Waals surface area contributed by atoms with Crippen LogP contribution in [0.15, 0.2) is 48.7 Å². The number of Topliss-reactive ketones (excluding diaryl/α,β-unsaturated/α-hetero) is 1. The monoisotopic (exact) mass is 513 g/mol. The molecule has 0 aliphatic carbocycles. The zero-order valence-corrected chi connectivity index (χ0v) is 21.0. The molecule has 3 N–H and O–H groups in total. The van der Waals surface area contributed by atoms with E-state index < -0.39 is 23.9 Å². The number of aryl methyl sites for hydroxylation is 1. The quantitative estimate of drug-likeness (QED) is 0.490. The lowest BCUT2D eigenvalue weighted by molar-refractivity contribution is -0.122. The number of anilines is 1. The number of hydrogen-bond acceptors (Lipinski definition) is 4. The van der Waals surface area contributed by atoms with Crippen molar-refractivity contribution in [1.29, 1.82) is 0 Å². The lowest BCUT2D eigenvalue weighted by Gasteiger charge is -2.24. The molecule has 1 saturated heterocycles. The van der Waals surface area contributed by atoms with E-state index in [1.54, 1.807) is 41.3 Å². The standard InChI is InChI=1S/C26H29ClFN5O3/c1-31(2)13-16-12-22(23(34)11-10-17-6-5-8-19(27)24(17)28)33(14-16)26(36)30-20-15-32(25(29)35)21-9-4-3-7-18(20)21/h3-9,15-16,22H,10-14H2,1-2H3,(H2,29,35)(H,30,36)/t16-,22+/m1/s1. The minimum absolute atomic E-state index is 0.0167. The molecule has 0 saturated carbocycles. The number of primary amides is 1. The summed E-state index contributed by atoms with van der Waals surface area (Å²) in [6.07, 6.45) is 2.28. The number of aromatic nitrogens is 1. The summed E-state index contributed by atoms with van der Waals surface area (Å²) in [4.78, 5) is 42.1. The minimum Gasteiger partial charge on any atom is -0.351 e. The predicted octanol–water partition coefficient (Wildman–Crippen LogP) is 4.35. The van der Waals surface area contributed by atoms with Crippen molar-refractivity contribution in [3.63, 3.8) is 0 Å². The van der Waals surface area contributed by atoms with Gasteiger partial charge >= 0.3 is 12.1 Å². The van der Waals surface area contributed by atoms with E-state index in [2.05, 4.69) is 5.32 Å². The Morgan fingerprint density at radius 3 is 2.64 bits per heavy atom. The van der Waals surface area contributed by atoms with Crippen molar-refractivity contribution < 1.29 is 18.8 Å². The normalized spacial score (nSPS) is 17.6. The molecule has 8 nitrogen and oxygen atoms in total. The molecule has 1 aliphatic rings. The van der Waals surface area contributed by atoms with Crippen LogP contribution in [0.5, 0.6) is 0 Å². The minimum atomic E-state index is -0.666. The first-order valence-corrected chi connectivity index (χ1v) is 12.1. The van der Waals surface area contributed by atoms with Gasteiger partial charge in [0.1, 0.15) is 5.82 Å². The fraction of sp³-hybridized carbons (Fsp3) is 0.346. The summed E-state index contributed by atoms with van der Waals surface area (Å²) < 4.78 is 15.6. The Morgan fingerprint density at radius 2 is 1.92 bits per heavy atom. The number of para-hydroxylation sites is 1.